The zero-order valence-electron chi connectivity index (χ0n) is 18.8. The first-order chi connectivity index (χ1) is 16.5. The molecule has 1 aliphatic rings. The minimum absolute atomic E-state index is 0.198. The molecule has 34 heavy (non-hydrogen) atoms. The Morgan fingerprint density at radius 2 is 1.68 bits per heavy atom. The van der Waals surface area contributed by atoms with E-state index in [0.717, 1.165) is 28.0 Å². The topological polar surface area (TPSA) is 71.3 Å². The molecule has 0 fully saturated rings. The first-order valence-electron chi connectivity index (χ1n) is 11.0. The number of benzene rings is 3. The van der Waals surface area contributed by atoms with Crippen molar-refractivity contribution >= 4 is 11.6 Å². The molecule has 4 aromatic rings. The van der Waals surface area contributed by atoms with Crippen molar-refractivity contribution in [2.45, 2.75) is 26.4 Å². The second-order valence-electron chi connectivity index (χ2n) is 8.23. The van der Waals surface area contributed by atoms with Crippen molar-refractivity contribution in [2.75, 3.05) is 0 Å². The predicted octanol–water partition coefficient (Wildman–Crippen LogP) is 5.88. The molecule has 170 valence electrons. The van der Waals surface area contributed by atoms with Crippen LogP contribution >= 0.6 is 0 Å². The summed E-state index contributed by atoms with van der Waals surface area (Å²) >= 11 is 0. The second kappa shape index (κ2) is 8.94. The third-order valence-electron chi connectivity index (χ3n) is 6.08. The highest BCUT2D eigenvalue weighted by Crippen LogP contribution is 2.38. The molecule has 0 spiro atoms. The SMILES string of the molecule is CC1=C(c2nc(-c3ccc(F)cc3)no2)C(c2ccccc2)NC(=O)N1Cc1ccccc1C. The lowest BCUT2D eigenvalue weighted by molar-refractivity contribution is 0.203. The molecular formula is C27H23FN4O2. The van der Waals surface area contributed by atoms with Crippen molar-refractivity contribution < 1.29 is 13.7 Å². The van der Waals surface area contributed by atoms with E-state index in [4.69, 9.17) is 4.52 Å². The summed E-state index contributed by atoms with van der Waals surface area (Å²) in [6.07, 6.45) is 0. The number of rotatable bonds is 5. The number of amides is 2. The van der Waals surface area contributed by atoms with Gasteiger partial charge in [0.05, 0.1) is 18.2 Å². The summed E-state index contributed by atoms with van der Waals surface area (Å²) in [5.74, 6) is 0.321. The van der Waals surface area contributed by atoms with Crippen LogP contribution in [0.25, 0.3) is 17.0 Å². The Hall–Kier alpha value is -4.26. The molecule has 1 aliphatic heterocycles. The van der Waals surface area contributed by atoms with E-state index in [1.54, 1.807) is 17.0 Å². The lowest BCUT2D eigenvalue weighted by Crippen LogP contribution is -2.45. The maximum absolute atomic E-state index is 13.4. The largest absolute Gasteiger partial charge is 0.334 e. The number of nitrogens with one attached hydrogen (secondary N) is 1. The fraction of sp³-hybridized carbons (Fsp3) is 0.148. The Labute approximate surface area is 196 Å². The molecule has 2 amide bonds. The van der Waals surface area contributed by atoms with Crippen molar-refractivity contribution in [3.05, 3.63) is 113 Å². The predicted molar refractivity (Wildman–Crippen MR) is 127 cm³/mol. The Kier molecular flexibility index (Phi) is 5.67. The summed E-state index contributed by atoms with van der Waals surface area (Å²) in [5.41, 5.74) is 5.15. The second-order valence-corrected chi connectivity index (χ2v) is 8.23. The van der Waals surface area contributed by atoms with Gasteiger partial charge in [0.2, 0.25) is 5.82 Å². The van der Waals surface area contributed by atoms with Gasteiger partial charge in [0, 0.05) is 11.3 Å². The van der Waals surface area contributed by atoms with E-state index < -0.39 is 6.04 Å². The molecule has 0 bridgehead atoms. The Balaban J connectivity index is 1.60. The molecule has 7 heteroatoms. The number of hydrogen-bond acceptors (Lipinski definition) is 4. The van der Waals surface area contributed by atoms with Gasteiger partial charge in [-0.15, -0.1) is 0 Å². The van der Waals surface area contributed by atoms with Gasteiger partial charge >= 0.3 is 6.03 Å². The van der Waals surface area contributed by atoms with Crippen molar-refractivity contribution in [1.29, 1.82) is 0 Å². The van der Waals surface area contributed by atoms with E-state index in [2.05, 4.69) is 15.5 Å². The summed E-state index contributed by atoms with van der Waals surface area (Å²) in [7, 11) is 0. The van der Waals surface area contributed by atoms with Crippen LogP contribution < -0.4 is 5.32 Å². The maximum Gasteiger partial charge on any atom is 0.322 e. The molecule has 1 atom stereocenters. The van der Waals surface area contributed by atoms with Crippen molar-refractivity contribution in [1.82, 2.24) is 20.4 Å². The third kappa shape index (κ3) is 4.08. The first-order valence-corrected chi connectivity index (χ1v) is 11.0. The van der Waals surface area contributed by atoms with Gasteiger partial charge in [-0.05, 0) is 54.8 Å². The van der Waals surface area contributed by atoms with E-state index in [0.29, 0.717) is 23.8 Å². The molecular weight excluding hydrogens is 431 g/mol. The van der Waals surface area contributed by atoms with Gasteiger partial charge in [0.15, 0.2) is 0 Å². The van der Waals surface area contributed by atoms with E-state index in [1.165, 1.54) is 12.1 Å². The van der Waals surface area contributed by atoms with E-state index in [9.17, 15) is 9.18 Å². The normalized spacial score (nSPS) is 16.0. The molecule has 0 aliphatic carbocycles. The summed E-state index contributed by atoms with van der Waals surface area (Å²) in [5, 5.41) is 7.23. The number of carbonyl (C=O) groups is 1. The summed E-state index contributed by atoms with van der Waals surface area (Å²) in [6.45, 7) is 4.33. The molecule has 2 heterocycles. The summed E-state index contributed by atoms with van der Waals surface area (Å²) < 4.78 is 19.0. The first kappa shape index (κ1) is 21.6. The quantitative estimate of drug-likeness (QED) is 0.409. The highest BCUT2D eigenvalue weighted by atomic mass is 19.1. The zero-order valence-corrected chi connectivity index (χ0v) is 18.8. The number of halogens is 1. The van der Waals surface area contributed by atoms with Gasteiger partial charge in [0.25, 0.3) is 5.89 Å². The number of aromatic nitrogens is 2. The minimum atomic E-state index is -0.455. The zero-order chi connectivity index (χ0) is 23.7. The van der Waals surface area contributed by atoms with Gasteiger partial charge in [-0.2, -0.15) is 4.98 Å². The van der Waals surface area contributed by atoms with E-state index in [-0.39, 0.29) is 11.8 Å². The van der Waals surface area contributed by atoms with E-state index in [1.807, 2.05) is 68.4 Å². The van der Waals surface area contributed by atoms with Crippen molar-refractivity contribution in [3.63, 3.8) is 0 Å². The van der Waals surface area contributed by atoms with Crippen LogP contribution in [0.2, 0.25) is 0 Å². The highest BCUT2D eigenvalue weighted by molar-refractivity contribution is 5.86. The Morgan fingerprint density at radius 3 is 2.41 bits per heavy atom. The van der Waals surface area contributed by atoms with E-state index >= 15 is 0 Å². The monoisotopic (exact) mass is 454 g/mol. The van der Waals surface area contributed by atoms with Crippen LogP contribution in [0, 0.1) is 12.7 Å². The van der Waals surface area contributed by atoms with Crippen LogP contribution in [0.4, 0.5) is 9.18 Å². The Morgan fingerprint density at radius 1 is 0.971 bits per heavy atom. The lowest BCUT2D eigenvalue weighted by Gasteiger charge is -2.35. The summed E-state index contributed by atoms with van der Waals surface area (Å²) in [6, 6.07) is 22.9. The average molecular weight is 455 g/mol. The van der Waals surface area contributed by atoms with Crippen LogP contribution in [0.15, 0.2) is 89.1 Å². The number of nitrogens with zero attached hydrogens (tertiary/aromatic N) is 3. The van der Waals surface area contributed by atoms with Gasteiger partial charge in [-0.3, -0.25) is 4.90 Å². The number of hydrogen-bond donors (Lipinski definition) is 1. The summed E-state index contributed by atoms with van der Waals surface area (Å²) in [4.78, 5) is 19.5. The average Bonchev–Trinajstić information content (AvgIpc) is 3.33. The van der Waals surface area contributed by atoms with Crippen LogP contribution in [0.3, 0.4) is 0 Å². The molecule has 0 radical (unpaired) electrons. The maximum atomic E-state index is 13.4. The lowest BCUT2D eigenvalue weighted by atomic mass is 9.94. The molecule has 6 nitrogen and oxygen atoms in total. The number of carbonyl (C=O) groups excluding carboxylic acids is 1. The Bertz CT molecular complexity index is 1360. The standard InChI is InChI=1S/C27H23FN4O2/c1-17-8-6-7-11-21(17)16-32-18(2)23(24(29-27(32)33)19-9-4-3-5-10-19)26-30-25(31-34-26)20-12-14-22(28)15-13-20/h3-15,24H,16H2,1-2H3,(H,29,33). The number of urea groups is 1. The van der Waals surface area contributed by atoms with Crippen molar-refractivity contribution in [3.8, 4) is 11.4 Å². The fourth-order valence-electron chi connectivity index (χ4n) is 4.15. The molecule has 0 saturated carbocycles. The van der Waals surface area contributed by atoms with Gasteiger partial charge in [-0.25, -0.2) is 9.18 Å². The number of aryl methyl sites for hydroxylation is 1. The molecule has 1 N–H and O–H groups in total. The number of allylic oxidation sites excluding steroid dienone is 1. The minimum Gasteiger partial charge on any atom is -0.334 e. The highest BCUT2D eigenvalue weighted by Gasteiger charge is 2.35. The van der Waals surface area contributed by atoms with Crippen LogP contribution in [-0.2, 0) is 6.54 Å². The van der Waals surface area contributed by atoms with Gasteiger partial charge < -0.3 is 9.84 Å². The van der Waals surface area contributed by atoms with Gasteiger partial charge in [-0.1, -0.05) is 59.8 Å². The third-order valence-corrected chi connectivity index (χ3v) is 6.08. The van der Waals surface area contributed by atoms with Crippen LogP contribution in [0.5, 0.6) is 0 Å². The van der Waals surface area contributed by atoms with Gasteiger partial charge in [0.1, 0.15) is 5.82 Å². The molecule has 5 rings (SSSR count). The molecule has 0 saturated heterocycles. The molecule has 1 unspecified atom stereocenters. The van der Waals surface area contributed by atoms with Crippen LogP contribution in [0.1, 0.15) is 35.5 Å². The molecule has 3 aromatic carbocycles. The fourth-order valence-corrected chi connectivity index (χ4v) is 4.15. The smallest absolute Gasteiger partial charge is 0.322 e. The molecule has 1 aromatic heterocycles. The van der Waals surface area contributed by atoms with Crippen molar-refractivity contribution in [2.24, 2.45) is 0 Å². The van der Waals surface area contributed by atoms with Crippen LogP contribution in [-0.4, -0.2) is 21.1 Å².